The molecule has 2 aliphatic heterocycles. The van der Waals surface area contributed by atoms with Crippen LogP contribution >= 0.6 is 23.5 Å². The summed E-state index contributed by atoms with van der Waals surface area (Å²) in [7, 11) is 3.66. The van der Waals surface area contributed by atoms with E-state index in [1.165, 1.54) is 37.7 Å². The van der Waals surface area contributed by atoms with Crippen LogP contribution in [0.15, 0.2) is 85.1 Å². The van der Waals surface area contributed by atoms with Gasteiger partial charge < -0.3 is 9.64 Å². The van der Waals surface area contributed by atoms with Crippen molar-refractivity contribution in [3.8, 4) is 0 Å². The van der Waals surface area contributed by atoms with Crippen molar-refractivity contribution in [2.75, 3.05) is 25.8 Å². The molecule has 0 amide bonds. The van der Waals surface area contributed by atoms with Gasteiger partial charge in [0.2, 0.25) is 5.17 Å². The van der Waals surface area contributed by atoms with Crippen molar-refractivity contribution in [3.05, 3.63) is 65.2 Å². The molecule has 36 heavy (non-hydrogen) atoms. The van der Waals surface area contributed by atoms with E-state index < -0.39 is 0 Å². The summed E-state index contributed by atoms with van der Waals surface area (Å²) in [5.74, 6) is 0. The Balaban J connectivity index is 1.23. The number of benzene rings is 2. The number of unbranched alkanes of at least 4 members (excludes halogenated alkanes) is 4. The van der Waals surface area contributed by atoms with E-state index in [-0.39, 0.29) is 10.6 Å². The third-order valence-electron chi connectivity index (χ3n) is 5.94. The molecule has 0 spiro atoms. The summed E-state index contributed by atoms with van der Waals surface area (Å²) in [6.45, 7) is 2.79. The molecule has 0 N–H and O–H groups in total. The van der Waals surface area contributed by atoms with Crippen LogP contribution in [-0.2, 0) is 11.2 Å². The van der Waals surface area contributed by atoms with E-state index in [0.717, 1.165) is 28.5 Å². The van der Waals surface area contributed by atoms with Crippen molar-refractivity contribution in [2.45, 2.75) is 56.1 Å². The number of methoxy groups -OCH3 is 1. The maximum Gasteiger partial charge on any atom is 0.206 e. The number of hydrogen-bond acceptors (Lipinski definition) is 9. The fourth-order valence-electron chi connectivity index (χ4n) is 3.92. The van der Waals surface area contributed by atoms with Crippen molar-refractivity contribution in [1.29, 1.82) is 0 Å². The van der Waals surface area contributed by atoms with Crippen LogP contribution in [0.25, 0.3) is 0 Å². The summed E-state index contributed by atoms with van der Waals surface area (Å²) < 4.78 is 5.16. The molecule has 2 atom stereocenters. The Morgan fingerprint density at radius 3 is 2.25 bits per heavy atom. The van der Waals surface area contributed by atoms with Gasteiger partial charge in [-0.05, 0) is 60.9 Å². The highest BCUT2D eigenvalue weighted by Gasteiger charge is 2.35. The lowest BCUT2D eigenvalue weighted by Crippen LogP contribution is -2.19. The Bertz CT molecular complexity index is 1100. The second-order valence-corrected chi connectivity index (χ2v) is 11.2. The predicted molar refractivity (Wildman–Crippen MR) is 153 cm³/mol. The highest BCUT2D eigenvalue weighted by Crippen LogP contribution is 2.45. The highest BCUT2D eigenvalue weighted by atomic mass is 32.2. The van der Waals surface area contributed by atoms with Gasteiger partial charge in [0.1, 0.15) is 17.1 Å². The molecule has 0 radical (unpaired) electrons. The van der Waals surface area contributed by atoms with E-state index in [1.54, 1.807) is 30.6 Å². The number of thioether (sulfide) groups is 2. The fraction of sp³-hybridized carbons (Fsp3) is 0.444. The minimum Gasteiger partial charge on any atom is -0.364 e. The van der Waals surface area contributed by atoms with Crippen molar-refractivity contribution < 1.29 is 4.74 Å². The Labute approximate surface area is 222 Å². The molecule has 190 valence electrons. The molecule has 0 bridgehead atoms. The average Bonchev–Trinajstić information content (AvgIpc) is 3.46. The SMILES string of the molecule is CCCCCCCc1ccc(N=NC2=CC3SC(N=Nc4ccc(N(C)COC)cc4)=NC3S2)cc1. The molecule has 2 unspecified atom stereocenters. The first-order valence-electron chi connectivity index (χ1n) is 12.5. The van der Waals surface area contributed by atoms with Gasteiger partial charge in [0.15, 0.2) is 0 Å². The number of nitrogens with zero attached hydrogens (tertiary/aromatic N) is 6. The number of azo groups is 2. The van der Waals surface area contributed by atoms with E-state index in [4.69, 9.17) is 9.73 Å². The molecule has 2 aromatic carbocycles. The van der Waals surface area contributed by atoms with E-state index in [0.29, 0.717) is 11.9 Å². The Morgan fingerprint density at radius 2 is 1.56 bits per heavy atom. The molecule has 0 aliphatic carbocycles. The minimum absolute atomic E-state index is 0.0815. The third kappa shape index (κ3) is 7.75. The van der Waals surface area contributed by atoms with E-state index in [2.05, 4.69) is 57.7 Å². The summed E-state index contributed by atoms with van der Waals surface area (Å²) in [5.41, 5.74) is 4.12. The number of aryl methyl sites for hydroxylation is 1. The van der Waals surface area contributed by atoms with Crippen LogP contribution in [-0.4, -0.2) is 36.7 Å². The second-order valence-electron chi connectivity index (χ2n) is 8.87. The first-order valence-corrected chi connectivity index (χ1v) is 14.3. The molecule has 0 saturated heterocycles. The summed E-state index contributed by atoms with van der Waals surface area (Å²) in [6.07, 6.45) is 9.80. The number of hydrogen-bond donors (Lipinski definition) is 0. The zero-order valence-corrected chi connectivity index (χ0v) is 22.8. The summed E-state index contributed by atoms with van der Waals surface area (Å²) in [6, 6.07) is 16.3. The zero-order valence-electron chi connectivity index (χ0n) is 21.2. The van der Waals surface area contributed by atoms with Crippen LogP contribution in [0.3, 0.4) is 0 Å². The summed E-state index contributed by atoms with van der Waals surface area (Å²) in [5, 5.41) is 19.5. The summed E-state index contributed by atoms with van der Waals surface area (Å²) in [4.78, 5) is 6.72. The van der Waals surface area contributed by atoms with Gasteiger partial charge in [0, 0.05) is 19.8 Å². The zero-order chi connectivity index (χ0) is 25.2. The third-order valence-corrected chi connectivity index (χ3v) is 8.28. The number of amidine groups is 1. The van der Waals surface area contributed by atoms with Crippen LogP contribution in [0.2, 0.25) is 0 Å². The number of aliphatic imine (C=N–C) groups is 1. The quantitative estimate of drug-likeness (QED) is 0.159. The number of fused-ring (bicyclic) bond motifs is 1. The van der Waals surface area contributed by atoms with Gasteiger partial charge in [0.05, 0.1) is 16.6 Å². The molecular formula is C27H34N6OS2. The lowest BCUT2D eigenvalue weighted by molar-refractivity contribution is 0.202. The lowest BCUT2D eigenvalue weighted by Gasteiger charge is -2.17. The Morgan fingerprint density at radius 1 is 0.861 bits per heavy atom. The standard InChI is InChI=1S/C27H34N6OS2/c1-4-5-6-7-8-9-20-10-12-21(13-11-20)29-31-25-18-24-26(36-25)28-27(35-24)32-30-22-14-16-23(17-15-22)33(2)19-34-3/h10-18,24,26H,4-9,19H2,1-3H3. The van der Waals surface area contributed by atoms with E-state index >= 15 is 0 Å². The molecule has 2 aliphatic rings. The highest BCUT2D eigenvalue weighted by molar-refractivity contribution is 8.16. The molecule has 0 fully saturated rings. The van der Waals surface area contributed by atoms with Gasteiger partial charge in [-0.15, -0.1) is 15.3 Å². The van der Waals surface area contributed by atoms with E-state index in [1.807, 2.05) is 36.2 Å². The Kier molecular flexibility index (Phi) is 10.1. The average molecular weight is 523 g/mol. The number of anilines is 1. The molecular weight excluding hydrogens is 488 g/mol. The fourth-order valence-corrected chi connectivity index (χ4v) is 6.22. The van der Waals surface area contributed by atoms with Gasteiger partial charge >= 0.3 is 0 Å². The molecule has 2 heterocycles. The minimum atomic E-state index is 0.0815. The smallest absolute Gasteiger partial charge is 0.206 e. The molecule has 0 saturated carbocycles. The number of ether oxygens (including phenoxy) is 1. The molecule has 7 nitrogen and oxygen atoms in total. The largest absolute Gasteiger partial charge is 0.364 e. The van der Waals surface area contributed by atoms with Crippen LogP contribution in [0, 0.1) is 0 Å². The van der Waals surface area contributed by atoms with E-state index in [9.17, 15) is 0 Å². The van der Waals surface area contributed by atoms with Crippen molar-refractivity contribution >= 4 is 45.8 Å². The second kappa shape index (κ2) is 13.7. The first kappa shape index (κ1) is 26.6. The lowest BCUT2D eigenvalue weighted by atomic mass is 10.1. The van der Waals surface area contributed by atoms with Gasteiger partial charge in [-0.2, -0.15) is 5.11 Å². The van der Waals surface area contributed by atoms with Crippen molar-refractivity contribution in [3.63, 3.8) is 0 Å². The van der Waals surface area contributed by atoms with Gasteiger partial charge in [-0.1, -0.05) is 68.3 Å². The van der Waals surface area contributed by atoms with Gasteiger partial charge in [-0.3, -0.25) is 0 Å². The molecule has 4 rings (SSSR count). The van der Waals surface area contributed by atoms with Crippen LogP contribution in [0.5, 0.6) is 0 Å². The first-order chi connectivity index (χ1) is 17.6. The predicted octanol–water partition coefficient (Wildman–Crippen LogP) is 8.49. The maximum atomic E-state index is 5.16. The Hall–Kier alpha value is -2.49. The van der Waals surface area contributed by atoms with Gasteiger partial charge in [0.25, 0.3) is 0 Å². The van der Waals surface area contributed by atoms with Crippen LogP contribution < -0.4 is 4.90 Å². The van der Waals surface area contributed by atoms with Crippen molar-refractivity contribution in [1.82, 2.24) is 0 Å². The van der Waals surface area contributed by atoms with Gasteiger partial charge in [-0.25, -0.2) is 4.99 Å². The molecule has 9 heteroatoms. The summed E-state index contributed by atoms with van der Waals surface area (Å²) >= 11 is 3.25. The monoisotopic (exact) mass is 522 g/mol. The van der Waals surface area contributed by atoms with Crippen LogP contribution in [0.1, 0.15) is 44.6 Å². The van der Waals surface area contributed by atoms with Crippen molar-refractivity contribution in [2.24, 2.45) is 25.4 Å². The normalized spacial score (nSPS) is 19.2. The van der Waals surface area contributed by atoms with Crippen LogP contribution in [0.4, 0.5) is 17.1 Å². The molecule has 2 aromatic rings. The maximum absolute atomic E-state index is 5.16. The molecule has 0 aromatic heterocycles. The number of rotatable bonds is 12. The topological polar surface area (TPSA) is 74.3 Å².